The molecule has 0 aliphatic heterocycles. The van der Waals surface area contributed by atoms with Crippen molar-refractivity contribution in [1.82, 2.24) is 15.6 Å². The fourth-order valence-corrected chi connectivity index (χ4v) is 5.17. The number of rotatable bonds is 9. The monoisotopic (exact) mass is 556 g/mol. The molecule has 2 amide bonds. The van der Waals surface area contributed by atoms with E-state index in [0.717, 1.165) is 17.3 Å². The summed E-state index contributed by atoms with van der Waals surface area (Å²) in [6, 6.07) is 10.9. The number of aliphatic hydroxyl groups is 1. The fraction of sp³-hybridized carbons (Fsp3) is 0.516. The second kappa shape index (κ2) is 13.0. The van der Waals surface area contributed by atoms with Crippen molar-refractivity contribution in [2.75, 3.05) is 13.6 Å². The highest BCUT2D eigenvalue weighted by Crippen LogP contribution is 2.38. The maximum atomic E-state index is 13.8. The molecule has 0 aromatic heterocycles. The van der Waals surface area contributed by atoms with Crippen LogP contribution in [0.2, 0.25) is 0 Å². The molecule has 218 valence electrons. The third kappa shape index (κ3) is 8.41. The predicted molar refractivity (Wildman–Crippen MR) is 153 cm³/mol. The Labute approximate surface area is 236 Å². The average molecular weight is 557 g/mol. The van der Waals surface area contributed by atoms with Crippen LogP contribution in [-0.4, -0.2) is 53.4 Å². The van der Waals surface area contributed by atoms with Crippen LogP contribution in [0.3, 0.4) is 0 Å². The number of carbonyl (C=O) groups excluding carboxylic acids is 2. The normalized spacial score (nSPS) is 19.1. The van der Waals surface area contributed by atoms with Gasteiger partial charge in [-0.1, -0.05) is 45.0 Å². The van der Waals surface area contributed by atoms with Crippen LogP contribution < -0.4 is 10.6 Å². The SMILES string of the molecule is CC(=O)NC(Cc1cc(F)cc(F)c1)C(O)CNC1(c2cccc(C(C)(C)C)c2)CCC(=NN(C)C(C)=O)CC1. The Bertz CT molecular complexity index is 1210. The van der Waals surface area contributed by atoms with Gasteiger partial charge in [0.15, 0.2) is 0 Å². The van der Waals surface area contributed by atoms with E-state index < -0.39 is 29.3 Å². The summed E-state index contributed by atoms with van der Waals surface area (Å²) >= 11 is 0. The Morgan fingerprint density at radius 2 is 1.70 bits per heavy atom. The maximum Gasteiger partial charge on any atom is 0.239 e. The van der Waals surface area contributed by atoms with Crippen LogP contribution in [0.1, 0.15) is 77.0 Å². The second-order valence-corrected chi connectivity index (χ2v) is 11.9. The van der Waals surface area contributed by atoms with E-state index >= 15 is 0 Å². The second-order valence-electron chi connectivity index (χ2n) is 11.9. The van der Waals surface area contributed by atoms with Crippen molar-refractivity contribution in [3.63, 3.8) is 0 Å². The summed E-state index contributed by atoms with van der Waals surface area (Å²) in [6.07, 6.45) is 1.75. The van der Waals surface area contributed by atoms with E-state index in [1.165, 1.54) is 36.6 Å². The Kier molecular flexibility index (Phi) is 10.2. The van der Waals surface area contributed by atoms with Gasteiger partial charge in [0.25, 0.3) is 0 Å². The van der Waals surface area contributed by atoms with Crippen molar-refractivity contribution < 1.29 is 23.5 Å². The molecule has 0 heterocycles. The number of nitrogens with one attached hydrogen (secondary N) is 2. The first-order chi connectivity index (χ1) is 18.7. The first-order valence-corrected chi connectivity index (χ1v) is 13.8. The minimum atomic E-state index is -1.03. The number of amides is 2. The van der Waals surface area contributed by atoms with E-state index in [1.807, 2.05) is 6.07 Å². The van der Waals surface area contributed by atoms with Gasteiger partial charge >= 0.3 is 0 Å². The zero-order chi connectivity index (χ0) is 29.7. The Balaban J connectivity index is 1.87. The molecule has 9 heteroatoms. The van der Waals surface area contributed by atoms with E-state index in [4.69, 9.17) is 0 Å². The highest BCUT2D eigenvalue weighted by molar-refractivity contribution is 5.87. The van der Waals surface area contributed by atoms with E-state index in [1.54, 1.807) is 7.05 Å². The van der Waals surface area contributed by atoms with Crippen LogP contribution in [0, 0.1) is 11.6 Å². The molecule has 0 bridgehead atoms. The topological polar surface area (TPSA) is 94.0 Å². The van der Waals surface area contributed by atoms with Crippen LogP contribution in [0.25, 0.3) is 0 Å². The highest BCUT2D eigenvalue weighted by atomic mass is 19.1. The van der Waals surface area contributed by atoms with Gasteiger partial charge in [-0.2, -0.15) is 5.10 Å². The molecule has 2 atom stereocenters. The third-order valence-corrected chi connectivity index (χ3v) is 7.59. The van der Waals surface area contributed by atoms with Crippen molar-refractivity contribution in [1.29, 1.82) is 0 Å². The first kappa shape index (κ1) is 31.4. The lowest BCUT2D eigenvalue weighted by Gasteiger charge is -2.41. The first-order valence-electron chi connectivity index (χ1n) is 13.8. The predicted octanol–water partition coefficient (Wildman–Crippen LogP) is 4.56. The fourth-order valence-electron chi connectivity index (χ4n) is 5.17. The van der Waals surface area contributed by atoms with Crippen LogP contribution in [0.15, 0.2) is 47.6 Å². The van der Waals surface area contributed by atoms with Gasteiger partial charge in [0.1, 0.15) is 11.6 Å². The lowest BCUT2D eigenvalue weighted by atomic mass is 9.74. The van der Waals surface area contributed by atoms with Gasteiger partial charge in [-0.3, -0.25) is 9.59 Å². The molecule has 1 aliphatic carbocycles. The van der Waals surface area contributed by atoms with Crippen molar-refractivity contribution in [3.8, 4) is 0 Å². The van der Waals surface area contributed by atoms with Gasteiger partial charge in [0, 0.05) is 44.8 Å². The van der Waals surface area contributed by atoms with Crippen molar-refractivity contribution in [2.24, 2.45) is 5.10 Å². The minimum absolute atomic E-state index is 0.0566. The molecule has 2 unspecified atom stereocenters. The molecule has 2 aromatic rings. The van der Waals surface area contributed by atoms with Gasteiger partial charge in [0.05, 0.1) is 12.1 Å². The van der Waals surface area contributed by atoms with E-state index in [-0.39, 0.29) is 30.2 Å². The summed E-state index contributed by atoms with van der Waals surface area (Å²) in [6.45, 7) is 9.44. The molecule has 1 saturated carbocycles. The zero-order valence-corrected chi connectivity index (χ0v) is 24.4. The molecule has 1 fully saturated rings. The quantitative estimate of drug-likeness (QED) is 0.395. The number of hydrazone groups is 1. The van der Waals surface area contributed by atoms with Crippen LogP contribution >= 0.6 is 0 Å². The standard InChI is InChI=1S/C31H42F2N4O3/c1-20(38)35-28(16-22-14-25(32)18-26(33)15-22)29(40)19-34-31(24-9-7-8-23(17-24)30(3,4)5)12-10-27(11-13-31)36-37(6)21(2)39/h7-9,14-15,17-18,28-29,34,40H,10-13,16,19H2,1-6H3,(H,35,38). The third-order valence-electron chi connectivity index (χ3n) is 7.59. The van der Waals surface area contributed by atoms with Crippen molar-refractivity contribution >= 4 is 17.5 Å². The minimum Gasteiger partial charge on any atom is -0.390 e. The van der Waals surface area contributed by atoms with Crippen LogP contribution in [0.4, 0.5) is 8.78 Å². The van der Waals surface area contributed by atoms with Crippen LogP contribution in [-0.2, 0) is 27.0 Å². The molecule has 1 aliphatic rings. The Morgan fingerprint density at radius 1 is 1.07 bits per heavy atom. The molecule has 3 N–H and O–H groups in total. The van der Waals surface area contributed by atoms with Crippen LogP contribution in [0.5, 0.6) is 0 Å². The number of hydrogen-bond donors (Lipinski definition) is 3. The van der Waals surface area contributed by atoms with E-state index in [0.29, 0.717) is 31.2 Å². The Hall–Kier alpha value is -3.17. The number of nitrogens with zero attached hydrogens (tertiary/aromatic N) is 2. The summed E-state index contributed by atoms with van der Waals surface area (Å²) in [4.78, 5) is 23.6. The molecule has 2 aromatic carbocycles. The van der Waals surface area contributed by atoms with Gasteiger partial charge in [-0.15, -0.1) is 0 Å². The molecule has 0 spiro atoms. The molecular weight excluding hydrogens is 514 g/mol. The van der Waals surface area contributed by atoms with Crippen molar-refractivity contribution in [2.45, 2.75) is 89.8 Å². The van der Waals surface area contributed by atoms with Gasteiger partial charge in [-0.05, 0) is 66.3 Å². The smallest absolute Gasteiger partial charge is 0.239 e. The largest absolute Gasteiger partial charge is 0.390 e. The summed E-state index contributed by atoms with van der Waals surface area (Å²) < 4.78 is 27.6. The van der Waals surface area contributed by atoms with Crippen molar-refractivity contribution in [3.05, 3.63) is 70.8 Å². The zero-order valence-electron chi connectivity index (χ0n) is 24.4. The summed E-state index contributed by atoms with van der Waals surface area (Å²) in [5.74, 6) is -1.90. The van der Waals surface area contributed by atoms with Gasteiger partial charge < -0.3 is 15.7 Å². The van der Waals surface area contributed by atoms with E-state index in [2.05, 4.69) is 54.7 Å². The summed E-state index contributed by atoms with van der Waals surface area (Å²) in [7, 11) is 1.64. The number of halogens is 2. The molecule has 40 heavy (non-hydrogen) atoms. The molecular formula is C31H42F2N4O3. The summed E-state index contributed by atoms with van der Waals surface area (Å²) in [5.41, 5.74) is 3.02. The maximum absolute atomic E-state index is 13.8. The lowest BCUT2D eigenvalue weighted by molar-refractivity contribution is -0.127. The number of hydrogen-bond acceptors (Lipinski definition) is 5. The molecule has 0 saturated heterocycles. The number of carbonyl (C=O) groups is 2. The molecule has 3 rings (SSSR count). The summed E-state index contributed by atoms with van der Waals surface area (Å²) in [5, 5.41) is 23.4. The molecule has 0 radical (unpaired) electrons. The van der Waals surface area contributed by atoms with Gasteiger partial charge in [-0.25, -0.2) is 13.8 Å². The lowest BCUT2D eigenvalue weighted by Crippen LogP contribution is -2.53. The van der Waals surface area contributed by atoms with Gasteiger partial charge in [0.2, 0.25) is 11.8 Å². The highest BCUT2D eigenvalue weighted by Gasteiger charge is 2.37. The number of benzene rings is 2. The van der Waals surface area contributed by atoms with E-state index in [9.17, 15) is 23.5 Å². The number of aliphatic hydroxyl groups excluding tert-OH is 1. The Morgan fingerprint density at radius 3 is 2.25 bits per heavy atom. The average Bonchev–Trinajstić information content (AvgIpc) is 2.86. The molecule has 7 nitrogen and oxygen atoms in total.